The van der Waals surface area contributed by atoms with Crippen LogP contribution in [0.5, 0.6) is 0 Å². The smallest absolute Gasteiger partial charge is 0.242 e. The van der Waals surface area contributed by atoms with E-state index in [-0.39, 0.29) is 10.9 Å². The van der Waals surface area contributed by atoms with Crippen molar-refractivity contribution in [2.45, 2.75) is 24.3 Å². The molecule has 1 heterocycles. The Labute approximate surface area is 124 Å². The monoisotopic (exact) mass is 396 g/mol. The molecular formula is C11H14Br2N2O2S. The Morgan fingerprint density at radius 2 is 2.06 bits per heavy atom. The van der Waals surface area contributed by atoms with Crippen LogP contribution in [0, 0.1) is 6.92 Å². The van der Waals surface area contributed by atoms with Crippen molar-refractivity contribution in [3.05, 3.63) is 26.6 Å². The zero-order valence-corrected chi connectivity index (χ0v) is 13.8. The van der Waals surface area contributed by atoms with Gasteiger partial charge >= 0.3 is 0 Å². The van der Waals surface area contributed by atoms with Crippen molar-refractivity contribution in [1.29, 1.82) is 0 Å². The largest absolute Gasteiger partial charge is 0.315 e. The van der Waals surface area contributed by atoms with Gasteiger partial charge in [-0.15, -0.1) is 0 Å². The molecule has 0 amide bonds. The molecule has 1 atom stereocenters. The summed E-state index contributed by atoms with van der Waals surface area (Å²) >= 11 is 6.67. The van der Waals surface area contributed by atoms with Gasteiger partial charge in [0, 0.05) is 21.5 Å². The molecule has 0 bridgehead atoms. The van der Waals surface area contributed by atoms with Crippen LogP contribution in [-0.2, 0) is 10.0 Å². The van der Waals surface area contributed by atoms with Gasteiger partial charge in [0.25, 0.3) is 0 Å². The van der Waals surface area contributed by atoms with E-state index in [0.717, 1.165) is 23.0 Å². The average Bonchev–Trinajstić information content (AvgIpc) is 2.75. The molecule has 1 aromatic rings. The average molecular weight is 398 g/mol. The van der Waals surface area contributed by atoms with Crippen molar-refractivity contribution in [3.63, 3.8) is 0 Å². The summed E-state index contributed by atoms with van der Waals surface area (Å²) < 4.78 is 28.7. The van der Waals surface area contributed by atoms with Gasteiger partial charge in [-0.2, -0.15) is 0 Å². The zero-order valence-electron chi connectivity index (χ0n) is 9.83. The fourth-order valence-corrected chi connectivity index (χ4v) is 4.82. The van der Waals surface area contributed by atoms with Gasteiger partial charge in [0.05, 0.1) is 4.90 Å². The molecule has 1 unspecified atom stereocenters. The van der Waals surface area contributed by atoms with Gasteiger partial charge in [0.15, 0.2) is 0 Å². The number of aryl methyl sites for hydroxylation is 1. The van der Waals surface area contributed by atoms with Crippen molar-refractivity contribution < 1.29 is 8.42 Å². The van der Waals surface area contributed by atoms with E-state index in [4.69, 9.17) is 0 Å². The molecule has 0 saturated carbocycles. The number of benzene rings is 1. The third-order valence-corrected chi connectivity index (χ3v) is 6.22. The van der Waals surface area contributed by atoms with Crippen LogP contribution in [0.4, 0.5) is 0 Å². The number of nitrogens with one attached hydrogen (secondary N) is 2. The van der Waals surface area contributed by atoms with E-state index in [1.165, 1.54) is 0 Å². The predicted octanol–water partition coefficient (Wildman–Crippen LogP) is 2.16. The molecule has 2 rings (SSSR count). The first-order valence-electron chi connectivity index (χ1n) is 5.59. The minimum atomic E-state index is -3.48. The summed E-state index contributed by atoms with van der Waals surface area (Å²) in [4.78, 5) is 0.270. The lowest BCUT2D eigenvalue weighted by Gasteiger charge is -2.14. The van der Waals surface area contributed by atoms with Crippen molar-refractivity contribution >= 4 is 41.9 Å². The molecule has 0 radical (unpaired) electrons. The summed E-state index contributed by atoms with van der Waals surface area (Å²) in [5.74, 6) is 0. The van der Waals surface area contributed by atoms with Crippen molar-refractivity contribution in [1.82, 2.24) is 10.0 Å². The first-order valence-corrected chi connectivity index (χ1v) is 8.66. The fourth-order valence-electron chi connectivity index (χ4n) is 1.87. The summed E-state index contributed by atoms with van der Waals surface area (Å²) in [6.07, 6.45) is 0.823. The number of sulfonamides is 1. The van der Waals surface area contributed by atoms with Gasteiger partial charge in [-0.25, -0.2) is 13.1 Å². The fraction of sp³-hybridized carbons (Fsp3) is 0.455. The summed E-state index contributed by atoms with van der Waals surface area (Å²) in [6.45, 7) is 3.45. The van der Waals surface area contributed by atoms with Crippen molar-refractivity contribution in [2.75, 3.05) is 13.1 Å². The minimum absolute atomic E-state index is 0.0259. The molecule has 0 aromatic heterocycles. The zero-order chi connectivity index (χ0) is 13.3. The highest BCUT2D eigenvalue weighted by Crippen LogP contribution is 2.29. The number of hydrogen-bond donors (Lipinski definition) is 2. The lowest BCUT2D eigenvalue weighted by atomic mass is 10.2. The Bertz CT molecular complexity index is 554. The van der Waals surface area contributed by atoms with Crippen LogP contribution in [0.25, 0.3) is 0 Å². The molecule has 1 aliphatic heterocycles. The van der Waals surface area contributed by atoms with E-state index in [1.807, 2.05) is 6.92 Å². The normalized spacial score (nSPS) is 20.3. The highest BCUT2D eigenvalue weighted by atomic mass is 79.9. The van der Waals surface area contributed by atoms with Crippen LogP contribution in [0.1, 0.15) is 12.0 Å². The maximum absolute atomic E-state index is 12.3. The van der Waals surface area contributed by atoms with Crippen LogP contribution in [-0.4, -0.2) is 27.5 Å². The van der Waals surface area contributed by atoms with Gasteiger partial charge in [-0.1, -0.05) is 15.9 Å². The summed E-state index contributed by atoms with van der Waals surface area (Å²) in [5.41, 5.74) is 0.989. The van der Waals surface area contributed by atoms with E-state index < -0.39 is 10.0 Å². The predicted molar refractivity (Wildman–Crippen MR) is 78.2 cm³/mol. The third-order valence-electron chi connectivity index (χ3n) is 2.88. The molecule has 1 aliphatic rings. The van der Waals surface area contributed by atoms with E-state index in [1.54, 1.807) is 12.1 Å². The van der Waals surface area contributed by atoms with E-state index in [0.29, 0.717) is 11.0 Å². The lowest BCUT2D eigenvalue weighted by Crippen LogP contribution is -2.36. The molecule has 1 aromatic carbocycles. The Morgan fingerprint density at radius 1 is 1.33 bits per heavy atom. The highest BCUT2D eigenvalue weighted by molar-refractivity contribution is 9.11. The molecule has 100 valence electrons. The van der Waals surface area contributed by atoms with E-state index in [9.17, 15) is 8.42 Å². The SMILES string of the molecule is Cc1cc(Br)c(S(=O)(=O)NC2CCNC2)cc1Br. The second kappa shape index (κ2) is 5.58. The molecule has 7 heteroatoms. The highest BCUT2D eigenvalue weighted by Gasteiger charge is 2.24. The molecule has 1 fully saturated rings. The van der Waals surface area contributed by atoms with Gasteiger partial charge in [0.1, 0.15) is 0 Å². The topological polar surface area (TPSA) is 58.2 Å². The third kappa shape index (κ3) is 3.14. The first kappa shape index (κ1) is 14.5. The Balaban J connectivity index is 2.31. The van der Waals surface area contributed by atoms with Gasteiger partial charge in [-0.05, 0) is 53.5 Å². The van der Waals surface area contributed by atoms with Gasteiger partial charge in [0.2, 0.25) is 10.0 Å². The molecular weight excluding hydrogens is 384 g/mol. The lowest BCUT2D eigenvalue weighted by molar-refractivity contribution is 0.559. The van der Waals surface area contributed by atoms with Crippen LogP contribution >= 0.6 is 31.9 Å². The van der Waals surface area contributed by atoms with Crippen LogP contribution in [0.3, 0.4) is 0 Å². The van der Waals surface area contributed by atoms with Crippen molar-refractivity contribution in [3.8, 4) is 0 Å². The summed E-state index contributed by atoms with van der Waals surface area (Å²) in [5, 5.41) is 3.13. The quantitative estimate of drug-likeness (QED) is 0.821. The summed E-state index contributed by atoms with van der Waals surface area (Å²) in [7, 11) is -3.48. The first-order chi connectivity index (χ1) is 8.40. The van der Waals surface area contributed by atoms with Crippen LogP contribution in [0.15, 0.2) is 26.0 Å². The van der Waals surface area contributed by atoms with E-state index >= 15 is 0 Å². The maximum atomic E-state index is 12.3. The number of hydrogen-bond acceptors (Lipinski definition) is 3. The van der Waals surface area contributed by atoms with Crippen molar-refractivity contribution in [2.24, 2.45) is 0 Å². The number of halogens is 2. The maximum Gasteiger partial charge on any atom is 0.242 e. The Hall–Kier alpha value is 0.0500. The Morgan fingerprint density at radius 3 is 2.67 bits per heavy atom. The van der Waals surface area contributed by atoms with Crippen LogP contribution in [0.2, 0.25) is 0 Å². The second-order valence-electron chi connectivity index (χ2n) is 4.34. The Kier molecular flexibility index (Phi) is 4.48. The summed E-state index contributed by atoms with van der Waals surface area (Å²) in [6, 6.07) is 3.40. The van der Waals surface area contributed by atoms with Gasteiger partial charge in [-0.3, -0.25) is 0 Å². The van der Waals surface area contributed by atoms with E-state index in [2.05, 4.69) is 41.9 Å². The minimum Gasteiger partial charge on any atom is -0.315 e. The molecule has 1 saturated heterocycles. The molecule has 0 aliphatic carbocycles. The molecule has 2 N–H and O–H groups in total. The van der Waals surface area contributed by atoms with Gasteiger partial charge < -0.3 is 5.32 Å². The molecule has 18 heavy (non-hydrogen) atoms. The van der Waals surface area contributed by atoms with Crippen LogP contribution < -0.4 is 10.0 Å². The molecule has 0 spiro atoms. The second-order valence-corrected chi connectivity index (χ2v) is 7.73. The standard InChI is InChI=1S/C11H14Br2N2O2S/c1-7-4-10(13)11(5-9(7)12)18(16,17)15-8-2-3-14-6-8/h4-5,8,14-15H,2-3,6H2,1H3. The molecule has 4 nitrogen and oxygen atoms in total. The number of rotatable bonds is 3.